The Labute approximate surface area is 79.5 Å². The summed E-state index contributed by atoms with van der Waals surface area (Å²) in [5.41, 5.74) is 1.56. The Bertz CT molecular complexity index is 285. The summed E-state index contributed by atoms with van der Waals surface area (Å²) < 4.78 is 0. The SMILES string of the molecule is CC12C=CCCC1=CC(=O)CCC2. The van der Waals surface area contributed by atoms with Gasteiger partial charge in [-0.3, -0.25) is 4.79 Å². The molecule has 0 heterocycles. The summed E-state index contributed by atoms with van der Waals surface area (Å²) in [6.07, 6.45) is 11.6. The van der Waals surface area contributed by atoms with E-state index >= 15 is 0 Å². The Balaban J connectivity index is 2.37. The molecule has 2 rings (SSSR count). The average Bonchev–Trinajstić information content (AvgIpc) is 2.23. The zero-order chi connectivity index (χ0) is 9.31. The van der Waals surface area contributed by atoms with Gasteiger partial charge in [-0.05, 0) is 31.8 Å². The molecule has 1 nitrogen and oxygen atoms in total. The van der Waals surface area contributed by atoms with Gasteiger partial charge in [0, 0.05) is 11.8 Å². The molecule has 2 aliphatic rings. The summed E-state index contributed by atoms with van der Waals surface area (Å²) in [4.78, 5) is 11.4. The molecule has 0 bridgehead atoms. The van der Waals surface area contributed by atoms with Crippen molar-refractivity contribution < 1.29 is 4.79 Å². The summed E-state index contributed by atoms with van der Waals surface area (Å²) in [7, 11) is 0. The van der Waals surface area contributed by atoms with Gasteiger partial charge in [0.15, 0.2) is 5.78 Å². The van der Waals surface area contributed by atoms with Crippen LogP contribution in [-0.4, -0.2) is 5.78 Å². The topological polar surface area (TPSA) is 17.1 Å². The van der Waals surface area contributed by atoms with Crippen LogP contribution in [-0.2, 0) is 4.79 Å². The lowest BCUT2D eigenvalue weighted by Crippen LogP contribution is -2.18. The van der Waals surface area contributed by atoms with Gasteiger partial charge in [0.25, 0.3) is 0 Å². The van der Waals surface area contributed by atoms with Gasteiger partial charge >= 0.3 is 0 Å². The maximum absolute atomic E-state index is 11.4. The van der Waals surface area contributed by atoms with Gasteiger partial charge in [-0.1, -0.05) is 24.6 Å². The summed E-state index contributed by atoms with van der Waals surface area (Å²) in [5.74, 6) is 0.328. The van der Waals surface area contributed by atoms with Crippen LogP contribution < -0.4 is 0 Å². The lowest BCUT2D eigenvalue weighted by Gasteiger charge is -2.31. The van der Waals surface area contributed by atoms with Crippen LogP contribution in [0.3, 0.4) is 0 Å². The van der Waals surface area contributed by atoms with E-state index < -0.39 is 0 Å². The molecule has 0 aromatic carbocycles. The van der Waals surface area contributed by atoms with Crippen LogP contribution in [0, 0.1) is 5.41 Å². The number of carbonyl (C=O) groups is 1. The number of allylic oxidation sites excluding steroid dienone is 4. The summed E-state index contributed by atoms with van der Waals surface area (Å²) in [6, 6.07) is 0. The quantitative estimate of drug-likeness (QED) is 0.518. The number of hydrogen-bond acceptors (Lipinski definition) is 1. The molecule has 1 heteroatoms. The standard InChI is InChI=1S/C12H16O/c1-12-7-3-2-5-10(12)9-11(13)6-4-8-12/h3,7,9H,2,4-6,8H2,1H3. The van der Waals surface area contributed by atoms with E-state index in [-0.39, 0.29) is 5.41 Å². The van der Waals surface area contributed by atoms with Crippen molar-refractivity contribution in [1.29, 1.82) is 0 Å². The Morgan fingerprint density at radius 2 is 2.23 bits per heavy atom. The molecule has 13 heavy (non-hydrogen) atoms. The van der Waals surface area contributed by atoms with Gasteiger partial charge in [-0.2, -0.15) is 0 Å². The Morgan fingerprint density at radius 3 is 3.08 bits per heavy atom. The molecule has 0 saturated carbocycles. The van der Waals surface area contributed by atoms with E-state index in [0.717, 1.165) is 32.1 Å². The van der Waals surface area contributed by atoms with Gasteiger partial charge < -0.3 is 0 Å². The largest absolute Gasteiger partial charge is 0.295 e. The first-order valence-corrected chi connectivity index (χ1v) is 5.12. The first-order valence-electron chi connectivity index (χ1n) is 5.12. The molecule has 0 aliphatic heterocycles. The summed E-state index contributed by atoms with van der Waals surface area (Å²) in [5, 5.41) is 0. The van der Waals surface area contributed by atoms with Crippen LogP contribution in [0.5, 0.6) is 0 Å². The van der Waals surface area contributed by atoms with Gasteiger partial charge in [-0.25, -0.2) is 0 Å². The molecule has 0 aromatic heterocycles. The normalized spacial score (nSPS) is 33.6. The van der Waals surface area contributed by atoms with Gasteiger partial charge in [0.1, 0.15) is 0 Å². The van der Waals surface area contributed by atoms with Crippen molar-refractivity contribution in [3.63, 3.8) is 0 Å². The predicted octanol–water partition coefficient (Wildman–Crippen LogP) is 3.02. The third-order valence-electron chi connectivity index (χ3n) is 3.25. The summed E-state index contributed by atoms with van der Waals surface area (Å²) >= 11 is 0. The second kappa shape index (κ2) is 3.13. The van der Waals surface area contributed by atoms with Crippen LogP contribution >= 0.6 is 0 Å². The van der Waals surface area contributed by atoms with Crippen LogP contribution in [0.2, 0.25) is 0 Å². The van der Waals surface area contributed by atoms with E-state index in [1.807, 2.05) is 6.08 Å². The van der Waals surface area contributed by atoms with Gasteiger partial charge in [-0.15, -0.1) is 0 Å². The molecule has 0 fully saturated rings. The second-order valence-corrected chi connectivity index (χ2v) is 4.35. The minimum atomic E-state index is 0.199. The van der Waals surface area contributed by atoms with Crippen molar-refractivity contribution in [2.45, 2.75) is 39.0 Å². The molecule has 70 valence electrons. The monoisotopic (exact) mass is 176 g/mol. The molecule has 2 aliphatic carbocycles. The highest BCUT2D eigenvalue weighted by molar-refractivity contribution is 5.90. The number of ketones is 1. The Hall–Kier alpha value is -0.850. The van der Waals surface area contributed by atoms with Gasteiger partial charge in [0.2, 0.25) is 0 Å². The van der Waals surface area contributed by atoms with Crippen molar-refractivity contribution in [1.82, 2.24) is 0 Å². The Morgan fingerprint density at radius 1 is 1.38 bits per heavy atom. The highest BCUT2D eigenvalue weighted by atomic mass is 16.1. The number of hydrogen-bond donors (Lipinski definition) is 0. The second-order valence-electron chi connectivity index (χ2n) is 4.35. The predicted molar refractivity (Wildman–Crippen MR) is 53.4 cm³/mol. The van der Waals surface area contributed by atoms with E-state index in [0.29, 0.717) is 5.78 Å². The highest BCUT2D eigenvalue weighted by Gasteiger charge is 2.29. The van der Waals surface area contributed by atoms with E-state index in [1.54, 1.807) is 0 Å². The highest BCUT2D eigenvalue weighted by Crippen LogP contribution is 2.41. The zero-order valence-corrected chi connectivity index (χ0v) is 8.18. The van der Waals surface area contributed by atoms with Crippen molar-refractivity contribution in [2.24, 2.45) is 5.41 Å². The molecule has 0 aromatic rings. The molecule has 0 amide bonds. The van der Waals surface area contributed by atoms with Crippen molar-refractivity contribution in [3.05, 3.63) is 23.8 Å². The molecular formula is C12H16O. The Kier molecular flexibility index (Phi) is 2.10. The van der Waals surface area contributed by atoms with E-state index in [9.17, 15) is 4.79 Å². The van der Waals surface area contributed by atoms with Crippen molar-refractivity contribution in [2.75, 3.05) is 0 Å². The molecule has 0 saturated heterocycles. The third kappa shape index (κ3) is 1.60. The van der Waals surface area contributed by atoms with Crippen molar-refractivity contribution in [3.8, 4) is 0 Å². The molecule has 1 unspecified atom stereocenters. The van der Waals surface area contributed by atoms with E-state index in [2.05, 4.69) is 19.1 Å². The lowest BCUT2D eigenvalue weighted by molar-refractivity contribution is -0.114. The zero-order valence-electron chi connectivity index (χ0n) is 8.18. The fourth-order valence-electron chi connectivity index (χ4n) is 2.35. The fourth-order valence-corrected chi connectivity index (χ4v) is 2.35. The molecule has 0 spiro atoms. The maximum Gasteiger partial charge on any atom is 0.155 e. The van der Waals surface area contributed by atoms with Crippen LogP contribution in [0.4, 0.5) is 0 Å². The van der Waals surface area contributed by atoms with Crippen molar-refractivity contribution >= 4 is 5.78 Å². The fraction of sp³-hybridized carbons (Fsp3) is 0.583. The van der Waals surface area contributed by atoms with E-state index in [4.69, 9.17) is 0 Å². The van der Waals surface area contributed by atoms with Gasteiger partial charge in [0.05, 0.1) is 0 Å². The summed E-state index contributed by atoms with van der Waals surface area (Å²) in [6.45, 7) is 2.26. The average molecular weight is 176 g/mol. The third-order valence-corrected chi connectivity index (χ3v) is 3.25. The van der Waals surface area contributed by atoms with Crippen LogP contribution in [0.25, 0.3) is 0 Å². The first kappa shape index (κ1) is 8.74. The smallest absolute Gasteiger partial charge is 0.155 e. The molecular weight excluding hydrogens is 160 g/mol. The minimum Gasteiger partial charge on any atom is -0.295 e. The number of rotatable bonds is 0. The molecule has 1 atom stereocenters. The first-order chi connectivity index (χ1) is 6.21. The number of fused-ring (bicyclic) bond motifs is 1. The van der Waals surface area contributed by atoms with Crippen LogP contribution in [0.1, 0.15) is 39.0 Å². The number of carbonyl (C=O) groups excluding carboxylic acids is 1. The lowest BCUT2D eigenvalue weighted by atomic mass is 9.74. The van der Waals surface area contributed by atoms with Crippen LogP contribution in [0.15, 0.2) is 23.8 Å². The van der Waals surface area contributed by atoms with E-state index in [1.165, 1.54) is 5.57 Å². The molecule has 0 N–H and O–H groups in total. The maximum atomic E-state index is 11.4. The minimum absolute atomic E-state index is 0.199. The molecule has 0 radical (unpaired) electrons.